The standard InChI is InChI=1S/C26H26N2O4S/c1-28(18-7-4-3-5-8-18)33(30,31)19-12-13-23-22(16-19)20-9-6-10-21(20)26(27-23)17-11-14-24(29)25(15-17)32-2/h3-9,11-16,20-21,26-27,29H,10H2,1-2H3. The van der Waals surface area contributed by atoms with Crippen LogP contribution in [0.25, 0.3) is 0 Å². The van der Waals surface area contributed by atoms with Crippen LogP contribution >= 0.6 is 0 Å². The highest BCUT2D eigenvalue weighted by Crippen LogP contribution is 2.51. The second kappa shape index (κ2) is 8.15. The first-order chi connectivity index (χ1) is 15.9. The Balaban J connectivity index is 1.52. The van der Waals surface area contributed by atoms with E-state index in [1.807, 2.05) is 36.4 Å². The van der Waals surface area contributed by atoms with Gasteiger partial charge in [0.25, 0.3) is 10.0 Å². The quantitative estimate of drug-likeness (QED) is 0.519. The summed E-state index contributed by atoms with van der Waals surface area (Å²) in [4.78, 5) is 0.276. The number of fused-ring (bicyclic) bond motifs is 3. The molecule has 0 saturated heterocycles. The van der Waals surface area contributed by atoms with Gasteiger partial charge in [0.1, 0.15) is 0 Å². The predicted molar refractivity (Wildman–Crippen MR) is 129 cm³/mol. The molecular formula is C26H26N2O4S. The summed E-state index contributed by atoms with van der Waals surface area (Å²) in [6.07, 6.45) is 5.21. The fraction of sp³-hybridized carbons (Fsp3) is 0.231. The summed E-state index contributed by atoms with van der Waals surface area (Å²) in [6.45, 7) is 0. The molecular weight excluding hydrogens is 436 g/mol. The Labute approximate surface area is 194 Å². The van der Waals surface area contributed by atoms with Crippen molar-refractivity contribution in [1.29, 1.82) is 0 Å². The highest BCUT2D eigenvalue weighted by Gasteiger charge is 2.39. The third-order valence-electron chi connectivity index (χ3n) is 6.68. The van der Waals surface area contributed by atoms with Gasteiger partial charge < -0.3 is 15.2 Å². The Morgan fingerprint density at radius 2 is 1.85 bits per heavy atom. The first kappa shape index (κ1) is 21.4. The van der Waals surface area contributed by atoms with Crippen LogP contribution in [0.2, 0.25) is 0 Å². The number of benzene rings is 3. The summed E-state index contributed by atoms with van der Waals surface area (Å²) in [6, 6.07) is 19.8. The molecule has 0 amide bonds. The molecule has 6 nitrogen and oxygen atoms in total. The number of hydrogen-bond acceptors (Lipinski definition) is 5. The predicted octanol–water partition coefficient (Wildman–Crippen LogP) is 5.05. The molecule has 0 bridgehead atoms. The Morgan fingerprint density at radius 1 is 1.06 bits per heavy atom. The monoisotopic (exact) mass is 462 g/mol. The summed E-state index contributed by atoms with van der Waals surface area (Å²) < 4.78 is 33.3. The molecule has 0 radical (unpaired) electrons. The lowest BCUT2D eigenvalue weighted by atomic mass is 9.77. The first-order valence-electron chi connectivity index (χ1n) is 10.9. The number of allylic oxidation sites excluding steroid dienone is 2. The number of nitrogens with one attached hydrogen (secondary N) is 1. The van der Waals surface area contributed by atoms with Crippen LogP contribution in [0, 0.1) is 5.92 Å². The molecule has 0 spiro atoms. The van der Waals surface area contributed by atoms with Gasteiger partial charge in [-0.2, -0.15) is 0 Å². The maximum atomic E-state index is 13.3. The molecule has 7 heteroatoms. The lowest BCUT2D eigenvalue weighted by molar-refractivity contribution is 0.370. The summed E-state index contributed by atoms with van der Waals surface area (Å²) in [7, 11) is -0.580. The van der Waals surface area contributed by atoms with E-state index >= 15 is 0 Å². The van der Waals surface area contributed by atoms with Crippen LogP contribution in [0.3, 0.4) is 0 Å². The van der Waals surface area contributed by atoms with Gasteiger partial charge >= 0.3 is 0 Å². The van der Waals surface area contributed by atoms with Gasteiger partial charge in [0.15, 0.2) is 11.5 Å². The van der Waals surface area contributed by atoms with Gasteiger partial charge in [0, 0.05) is 18.7 Å². The first-order valence-corrected chi connectivity index (χ1v) is 12.3. The molecule has 3 aromatic rings. The summed E-state index contributed by atoms with van der Waals surface area (Å²) in [5.74, 6) is 0.878. The maximum absolute atomic E-state index is 13.3. The van der Waals surface area contributed by atoms with E-state index in [1.165, 1.54) is 11.4 Å². The largest absolute Gasteiger partial charge is 0.504 e. The normalized spacial score (nSPS) is 21.1. The van der Waals surface area contributed by atoms with Crippen LogP contribution in [0.1, 0.15) is 29.5 Å². The van der Waals surface area contributed by atoms with Gasteiger partial charge in [-0.1, -0.05) is 36.4 Å². The molecule has 1 aliphatic carbocycles. The number of sulfonamides is 1. The summed E-state index contributed by atoms with van der Waals surface area (Å²) in [5.41, 5.74) is 3.54. The zero-order valence-electron chi connectivity index (χ0n) is 18.5. The van der Waals surface area contributed by atoms with Crippen LogP contribution in [0.4, 0.5) is 11.4 Å². The fourth-order valence-electron chi connectivity index (χ4n) is 4.89. The van der Waals surface area contributed by atoms with E-state index in [9.17, 15) is 13.5 Å². The molecule has 3 unspecified atom stereocenters. The number of phenols is 1. The molecule has 5 rings (SSSR count). The average Bonchev–Trinajstić information content (AvgIpc) is 3.34. The average molecular weight is 463 g/mol. The Hall–Kier alpha value is -3.45. The fourth-order valence-corrected chi connectivity index (χ4v) is 6.12. The van der Waals surface area contributed by atoms with E-state index in [-0.39, 0.29) is 28.5 Å². The van der Waals surface area contributed by atoms with Crippen molar-refractivity contribution in [3.63, 3.8) is 0 Å². The molecule has 0 aromatic heterocycles. The number of rotatable bonds is 5. The highest BCUT2D eigenvalue weighted by atomic mass is 32.2. The maximum Gasteiger partial charge on any atom is 0.264 e. The van der Waals surface area contributed by atoms with E-state index in [2.05, 4.69) is 17.5 Å². The topological polar surface area (TPSA) is 78.9 Å². The van der Waals surface area contributed by atoms with Crippen LogP contribution in [-0.4, -0.2) is 27.7 Å². The van der Waals surface area contributed by atoms with Crippen molar-refractivity contribution in [1.82, 2.24) is 0 Å². The van der Waals surface area contributed by atoms with Crippen molar-refractivity contribution in [2.75, 3.05) is 23.8 Å². The lowest BCUT2D eigenvalue weighted by Gasteiger charge is -2.38. The van der Waals surface area contributed by atoms with Crippen LogP contribution in [-0.2, 0) is 10.0 Å². The molecule has 2 N–H and O–H groups in total. The number of methoxy groups -OCH3 is 1. The van der Waals surface area contributed by atoms with E-state index in [0.29, 0.717) is 11.4 Å². The number of phenolic OH excluding ortho intramolecular Hbond substituents is 1. The van der Waals surface area contributed by atoms with Crippen molar-refractivity contribution in [3.05, 3.63) is 90.0 Å². The molecule has 2 aliphatic rings. The van der Waals surface area contributed by atoms with Crippen molar-refractivity contribution in [2.45, 2.75) is 23.3 Å². The van der Waals surface area contributed by atoms with Crippen molar-refractivity contribution in [2.24, 2.45) is 5.92 Å². The minimum Gasteiger partial charge on any atom is -0.504 e. The van der Waals surface area contributed by atoms with Crippen LogP contribution in [0.15, 0.2) is 83.8 Å². The third-order valence-corrected chi connectivity index (χ3v) is 8.46. The summed E-state index contributed by atoms with van der Waals surface area (Å²) >= 11 is 0. The van der Waals surface area contributed by atoms with Crippen molar-refractivity contribution in [3.8, 4) is 11.5 Å². The van der Waals surface area contributed by atoms with E-state index in [4.69, 9.17) is 4.74 Å². The lowest BCUT2D eigenvalue weighted by Crippen LogP contribution is -2.30. The van der Waals surface area contributed by atoms with Crippen molar-refractivity contribution >= 4 is 21.4 Å². The second-order valence-electron chi connectivity index (χ2n) is 8.46. The van der Waals surface area contributed by atoms with E-state index in [0.717, 1.165) is 23.2 Å². The summed E-state index contributed by atoms with van der Waals surface area (Å²) in [5, 5.41) is 13.6. The molecule has 0 fully saturated rings. The smallest absolute Gasteiger partial charge is 0.264 e. The number of aromatic hydroxyl groups is 1. The third kappa shape index (κ3) is 3.62. The second-order valence-corrected chi connectivity index (χ2v) is 10.4. The van der Waals surface area contributed by atoms with Gasteiger partial charge in [0.2, 0.25) is 0 Å². The number of nitrogens with zero attached hydrogens (tertiary/aromatic N) is 1. The van der Waals surface area contributed by atoms with Crippen LogP contribution in [0.5, 0.6) is 11.5 Å². The minimum atomic E-state index is -3.70. The van der Waals surface area contributed by atoms with Gasteiger partial charge in [0.05, 0.1) is 23.7 Å². The number of hydrogen-bond donors (Lipinski definition) is 2. The zero-order valence-corrected chi connectivity index (χ0v) is 19.3. The van der Waals surface area contributed by atoms with Gasteiger partial charge in [-0.25, -0.2) is 8.42 Å². The molecule has 3 atom stereocenters. The van der Waals surface area contributed by atoms with Gasteiger partial charge in [-0.05, 0) is 65.9 Å². The molecule has 33 heavy (non-hydrogen) atoms. The number of para-hydroxylation sites is 1. The minimum absolute atomic E-state index is 0.0152. The molecule has 170 valence electrons. The SMILES string of the molecule is COc1cc(C2Nc3ccc(S(=O)(=O)N(C)c4ccccc4)cc3C3C=CCC32)ccc1O. The highest BCUT2D eigenvalue weighted by molar-refractivity contribution is 7.92. The molecule has 1 heterocycles. The van der Waals surface area contributed by atoms with Crippen LogP contribution < -0.4 is 14.4 Å². The number of ether oxygens (including phenoxy) is 1. The Bertz CT molecular complexity index is 1320. The molecule has 3 aromatic carbocycles. The van der Waals surface area contributed by atoms with Crippen molar-refractivity contribution < 1.29 is 18.3 Å². The van der Waals surface area contributed by atoms with Gasteiger partial charge in [-0.3, -0.25) is 4.31 Å². The zero-order chi connectivity index (χ0) is 23.2. The molecule has 1 aliphatic heterocycles. The molecule has 0 saturated carbocycles. The van der Waals surface area contributed by atoms with Gasteiger partial charge in [-0.15, -0.1) is 0 Å². The van der Waals surface area contributed by atoms with E-state index < -0.39 is 10.0 Å². The number of anilines is 2. The Kier molecular flexibility index (Phi) is 5.29. The van der Waals surface area contributed by atoms with E-state index in [1.54, 1.807) is 37.4 Å². The Morgan fingerprint density at radius 3 is 2.61 bits per heavy atom.